The van der Waals surface area contributed by atoms with Crippen LogP contribution in [0.1, 0.15) is 19.8 Å². The smallest absolute Gasteiger partial charge is 0.240 e. The standard InChI is InChI=1S/C12H22N2O4/c1-10(15)9-14-7-6-13(2)11(12(14)16)5-4-8-18-17-3/h11H,4-9H2,1-3H3/t11-/m1/s1. The molecular formula is C12H22N2O4. The maximum atomic E-state index is 12.2. The molecule has 0 unspecified atom stereocenters. The van der Waals surface area contributed by atoms with Gasteiger partial charge in [-0.15, -0.1) is 0 Å². The Hall–Kier alpha value is -0.980. The molecule has 1 rings (SSSR count). The lowest BCUT2D eigenvalue weighted by Gasteiger charge is -2.38. The summed E-state index contributed by atoms with van der Waals surface area (Å²) in [7, 11) is 3.40. The molecule has 18 heavy (non-hydrogen) atoms. The topological polar surface area (TPSA) is 59.1 Å². The number of carbonyl (C=O) groups excluding carboxylic acids is 2. The first kappa shape index (κ1) is 15.1. The van der Waals surface area contributed by atoms with E-state index in [1.54, 1.807) is 4.90 Å². The monoisotopic (exact) mass is 258 g/mol. The minimum atomic E-state index is -0.154. The van der Waals surface area contributed by atoms with Gasteiger partial charge in [0.25, 0.3) is 0 Å². The fourth-order valence-electron chi connectivity index (χ4n) is 2.13. The molecule has 0 aliphatic carbocycles. The van der Waals surface area contributed by atoms with Crippen molar-refractivity contribution in [1.82, 2.24) is 9.80 Å². The summed E-state index contributed by atoms with van der Waals surface area (Å²) in [5, 5.41) is 0. The summed E-state index contributed by atoms with van der Waals surface area (Å²) in [6, 6.07) is -0.154. The van der Waals surface area contributed by atoms with Gasteiger partial charge in [0.05, 0.1) is 26.3 Å². The Morgan fingerprint density at radius 3 is 2.78 bits per heavy atom. The fourth-order valence-corrected chi connectivity index (χ4v) is 2.13. The van der Waals surface area contributed by atoms with Gasteiger partial charge in [-0.25, -0.2) is 9.78 Å². The number of rotatable bonds is 7. The van der Waals surface area contributed by atoms with Crippen molar-refractivity contribution in [3.05, 3.63) is 0 Å². The third kappa shape index (κ3) is 4.36. The molecular weight excluding hydrogens is 236 g/mol. The molecule has 0 aromatic rings. The molecule has 1 saturated heterocycles. The van der Waals surface area contributed by atoms with E-state index in [0.29, 0.717) is 19.6 Å². The van der Waals surface area contributed by atoms with Crippen LogP contribution in [0.25, 0.3) is 0 Å². The summed E-state index contributed by atoms with van der Waals surface area (Å²) in [5.74, 6) is 0.0609. The third-order valence-electron chi connectivity index (χ3n) is 3.09. The van der Waals surface area contributed by atoms with Gasteiger partial charge >= 0.3 is 0 Å². The van der Waals surface area contributed by atoms with Crippen molar-refractivity contribution < 1.29 is 19.4 Å². The van der Waals surface area contributed by atoms with Gasteiger partial charge in [-0.05, 0) is 26.8 Å². The van der Waals surface area contributed by atoms with Gasteiger partial charge in [0, 0.05) is 13.1 Å². The van der Waals surface area contributed by atoms with Crippen LogP contribution in [0.2, 0.25) is 0 Å². The third-order valence-corrected chi connectivity index (χ3v) is 3.09. The first-order chi connectivity index (χ1) is 8.56. The minimum Gasteiger partial charge on any atom is -0.333 e. The maximum absolute atomic E-state index is 12.2. The normalized spacial score (nSPS) is 21.4. The SMILES string of the molecule is COOCCC[C@@H]1C(=O)N(CC(C)=O)CCN1C. The van der Waals surface area contributed by atoms with E-state index in [-0.39, 0.29) is 24.3 Å². The van der Waals surface area contributed by atoms with Gasteiger partial charge in [0.15, 0.2) is 0 Å². The van der Waals surface area contributed by atoms with Crippen molar-refractivity contribution in [1.29, 1.82) is 0 Å². The highest BCUT2D eigenvalue weighted by molar-refractivity contribution is 5.87. The first-order valence-corrected chi connectivity index (χ1v) is 6.20. The number of likely N-dealkylation sites (N-methyl/N-ethyl adjacent to an activating group) is 1. The molecule has 1 amide bonds. The van der Waals surface area contributed by atoms with Crippen molar-refractivity contribution in [2.75, 3.05) is 40.4 Å². The van der Waals surface area contributed by atoms with Gasteiger partial charge < -0.3 is 4.90 Å². The van der Waals surface area contributed by atoms with Gasteiger partial charge in [-0.2, -0.15) is 0 Å². The average Bonchev–Trinajstić information content (AvgIpc) is 2.31. The van der Waals surface area contributed by atoms with E-state index in [1.807, 2.05) is 11.9 Å². The highest BCUT2D eigenvalue weighted by atomic mass is 17.2. The molecule has 1 atom stereocenters. The first-order valence-electron chi connectivity index (χ1n) is 6.20. The van der Waals surface area contributed by atoms with Crippen molar-refractivity contribution in [3.8, 4) is 0 Å². The highest BCUT2D eigenvalue weighted by Gasteiger charge is 2.32. The lowest BCUT2D eigenvalue weighted by atomic mass is 10.1. The molecule has 1 heterocycles. The van der Waals surface area contributed by atoms with E-state index >= 15 is 0 Å². The number of amides is 1. The molecule has 1 aliphatic heterocycles. The van der Waals surface area contributed by atoms with Crippen molar-refractivity contribution in [2.45, 2.75) is 25.8 Å². The number of carbonyl (C=O) groups is 2. The highest BCUT2D eigenvalue weighted by Crippen LogP contribution is 2.14. The van der Waals surface area contributed by atoms with Crippen LogP contribution in [-0.4, -0.2) is 67.9 Å². The molecule has 0 aromatic heterocycles. The zero-order valence-electron chi connectivity index (χ0n) is 11.3. The number of ketones is 1. The zero-order valence-corrected chi connectivity index (χ0v) is 11.3. The van der Waals surface area contributed by atoms with Crippen LogP contribution in [-0.2, 0) is 19.4 Å². The Morgan fingerprint density at radius 1 is 1.44 bits per heavy atom. The molecule has 6 nitrogen and oxygen atoms in total. The predicted molar refractivity (Wildman–Crippen MR) is 65.9 cm³/mol. The predicted octanol–water partition coefficient (Wildman–Crippen LogP) is 0.0762. The Kier molecular flexibility index (Phi) is 6.24. The summed E-state index contributed by atoms with van der Waals surface area (Å²) < 4.78 is 0. The van der Waals surface area contributed by atoms with Crippen LogP contribution in [0.4, 0.5) is 0 Å². The Morgan fingerprint density at radius 2 is 2.17 bits per heavy atom. The van der Waals surface area contributed by atoms with Crippen LogP contribution < -0.4 is 0 Å². The van der Waals surface area contributed by atoms with E-state index < -0.39 is 0 Å². The second-order valence-electron chi connectivity index (χ2n) is 4.59. The molecule has 0 spiro atoms. The van der Waals surface area contributed by atoms with Crippen molar-refractivity contribution in [3.63, 3.8) is 0 Å². The van der Waals surface area contributed by atoms with E-state index in [0.717, 1.165) is 13.0 Å². The van der Waals surface area contributed by atoms with Crippen molar-refractivity contribution in [2.24, 2.45) is 0 Å². The lowest BCUT2D eigenvalue weighted by molar-refractivity contribution is -0.273. The second-order valence-corrected chi connectivity index (χ2v) is 4.59. The van der Waals surface area contributed by atoms with Crippen LogP contribution >= 0.6 is 0 Å². The summed E-state index contributed by atoms with van der Waals surface area (Å²) in [6.45, 7) is 3.63. The van der Waals surface area contributed by atoms with E-state index in [9.17, 15) is 9.59 Å². The van der Waals surface area contributed by atoms with Gasteiger partial charge in [0.2, 0.25) is 5.91 Å². The van der Waals surface area contributed by atoms with Crippen LogP contribution in [0.3, 0.4) is 0 Å². The summed E-state index contributed by atoms with van der Waals surface area (Å²) >= 11 is 0. The molecule has 0 saturated carbocycles. The molecule has 0 bridgehead atoms. The summed E-state index contributed by atoms with van der Waals surface area (Å²) in [6.07, 6.45) is 1.47. The van der Waals surface area contributed by atoms with Gasteiger partial charge in [0.1, 0.15) is 5.78 Å². The number of piperazine rings is 1. The van der Waals surface area contributed by atoms with Crippen molar-refractivity contribution >= 4 is 11.7 Å². The Bertz CT molecular complexity index is 296. The molecule has 6 heteroatoms. The molecule has 0 aromatic carbocycles. The van der Waals surface area contributed by atoms with E-state index in [4.69, 9.17) is 4.89 Å². The largest absolute Gasteiger partial charge is 0.333 e. The second kappa shape index (κ2) is 7.45. The Balaban J connectivity index is 2.47. The molecule has 1 aliphatic rings. The van der Waals surface area contributed by atoms with E-state index in [2.05, 4.69) is 4.89 Å². The van der Waals surface area contributed by atoms with Gasteiger partial charge in [-0.3, -0.25) is 14.5 Å². The quantitative estimate of drug-likeness (QED) is 0.367. The number of Topliss-reactive ketones (excluding diaryl/α,β-unsaturated/α-hetero) is 1. The number of nitrogens with zero attached hydrogens (tertiary/aromatic N) is 2. The summed E-state index contributed by atoms with van der Waals surface area (Å²) in [5.41, 5.74) is 0. The minimum absolute atomic E-state index is 0.0226. The lowest BCUT2D eigenvalue weighted by Crippen LogP contribution is -2.56. The molecule has 0 N–H and O–H groups in total. The Labute approximate surface area is 108 Å². The maximum Gasteiger partial charge on any atom is 0.240 e. The van der Waals surface area contributed by atoms with Crippen LogP contribution in [0, 0.1) is 0 Å². The number of hydrogen-bond donors (Lipinski definition) is 0. The zero-order chi connectivity index (χ0) is 13.5. The van der Waals surface area contributed by atoms with E-state index in [1.165, 1.54) is 14.0 Å². The fraction of sp³-hybridized carbons (Fsp3) is 0.833. The van der Waals surface area contributed by atoms with Gasteiger partial charge in [-0.1, -0.05) is 0 Å². The molecule has 104 valence electrons. The van der Waals surface area contributed by atoms with Crippen LogP contribution in [0.15, 0.2) is 0 Å². The summed E-state index contributed by atoms with van der Waals surface area (Å²) in [4.78, 5) is 36.3. The molecule has 1 fully saturated rings. The number of hydrogen-bond acceptors (Lipinski definition) is 5. The van der Waals surface area contributed by atoms with Crippen LogP contribution in [0.5, 0.6) is 0 Å². The average molecular weight is 258 g/mol. The molecule has 0 radical (unpaired) electrons.